The van der Waals surface area contributed by atoms with Gasteiger partial charge in [0.05, 0.1) is 5.69 Å². The van der Waals surface area contributed by atoms with Crippen molar-refractivity contribution in [3.63, 3.8) is 0 Å². The van der Waals surface area contributed by atoms with E-state index in [4.69, 9.17) is 5.11 Å². The molecule has 0 saturated carbocycles. The average Bonchev–Trinajstić information content (AvgIpc) is 2.99. The number of hydrogen-bond acceptors (Lipinski definition) is 5. The van der Waals surface area contributed by atoms with Gasteiger partial charge in [-0.2, -0.15) is 0 Å². The maximum Gasteiger partial charge on any atom is 0.354 e. The first-order valence-corrected chi connectivity index (χ1v) is 8.69. The number of rotatable bonds is 3. The van der Waals surface area contributed by atoms with E-state index in [1.54, 1.807) is 0 Å². The van der Waals surface area contributed by atoms with Gasteiger partial charge >= 0.3 is 5.97 Å². The Labute approximate surface area is 144 Å². The molecule has 6 heteroatoms. The molecule has 0 spiro atoms. The highest BCUT2D eigenvalue weighted by Crippen LogP contribution is 2.48. The van der Waals surface area contributed by atoms with Crippen LogP contribution >= 0.6 is 11.3 Å². The Morgan fingerprint density at radius 1 is 1.12 bits per heavy atom. The summed E-state index contributed by atoms with van der Waals surface area (Å²) in [5.41, 5.74) is 1.29. The minimum Gasteiger partial charge on any atom is -0.477 e. The maximum atomic E-state index is 12.7. The summed E-state index contributed by atoms with van der Waals surface area (Å²) in [5, 5.41) is 9.35. The Hall–Kier alpha value is -2.08. The number of aromatic carboxylic acids is 1. The smallest absolute Gasteiger partial charge is 0.354 e. The molecule has 0 bridgehead atoms. The normalized spacial score (nSPS) is 18.0. The molecule has 0 atom stereocenters. The molecule has 2 aromatic rings. The fraction of sp³-hybridized carbons (Fsp3) is 0.444. The second kappa shape index (κ2) is 5.48. The minimum atomic E-state index is -1.11. The van der Waals surface area contributed by atoms with Crippen molar-refractivity contribution in [2.24, 2.45) is 0 Å². The molecule has 126 valence electrons. The summed E-state index contributed by atoms with van der Waals surface area (Å²) < 4.78 is 0. The summed E-state index contributed by atoms with van der Waals surface area (Å²) in [6, 6.07) is 2.84. The van der Waals surface area contributed by atoms with Crippen LogP contribution in [0.5, 0.6) is 0 Å². The van der Waals surface area contributed by atoms with Crippen molar-refractivity contribution in [3.05, 3.63) is 45.2 Å². The van der Waals surface area contributed by atoms with E-state index in [-0.39, 0.29) is 22.3 Å². The van der Waals surface area contributed by atoms with Gasteiger partial charge in [0.1, 0.15) is 5.69 Å². The van der Waals surface area contributed by atoms with E-state index in [1.165, 1.54) is 34.5 Å². The van der Waals surface area contributed by atoms with E-state index in [0.29, 0.717) is 10.6 Å². The highest BCUT2D eigenvalue weighted by Gasteiger charge is 2.41. The molecule has 1 aliphatic carbocycles. The third-order valence-corrected chi connectivity index (χ3v) is 6.12. The molecular formula is C18H20N2O3S. The molecule has 24 heavy (non-hydrogen) atoms. The Balaban J connectivity index is 2.00. The zero-order chi connectivity index (χ0) is 17.7. The third-order valence-electron chi connectivity index (χ3n) is 4.70. The first-order valence-electron chi connectivity index (χ1n) is 7.88. The van der Waals surface area contributed by atoms with Crippen LogP contribution in [-0.4, -0.2) is 26.8 Å². The predicted octanol–water partition coefficient (Wildman–Crippen LogP) is 3.82. The predicted molar refractivity (Wildman–Crippen MR) is 92.0 cm³/mol. The molecule has 5 nitrogen and oxygen atoms in total. The molecular weight excluding hydrogens is 324 g/mol. The molecule has 0 aromatic carbocycles. The van der Waals surface area contributed by atoms with Crippen molar-refractivity contribution in [1.82, 2.24) is 9.97 Å². The molecule has 2 heterocycles. The lowest BCUT2D eigenvalue weighted by molar-refractivity contribution is 0.0690. The molecule has 1 aliphatic rings. The second-order valence-electron chi connectivity index (χ2n) is 7.53. The monoisotopic (exact) mass is 344 g/mol. The van der Waals surface area contributed by atoms with Crippen LogP contribution in [0.3, 0.4) is 0 Å². The summed E-state index contributed by atoms with van der Waals surface area (Å²) in [6.07, 6.45) is 3.42. The molecule has 0 fully saturated rings. The van der Waals surface area contributed by atoms with Gasteiger partial charge in [-0.1, -0.05) is 27.7 Å². The summed E-state index contributed by atoms with van der Waals surface area (Å²) >= 11 is 1.45. The standard InChI is InChI=1S/C18H20N2O3S/c1-17(2)7-8-18(3,4)14-13(17)20-15(24-14)12(21)10-5-6-11(16(22)23)19-9-10/h5-6,9H,7-8H2,1-4H3,(H,22,23). The van der Waals surface area contributed by atoms with Gasteiger partial charge in [-0.25, -0.2) is 14.8 Å². The number of fused-ring (bicyclic) bond motifs is 1. The molecule has 1 N–H and O–H groups in total. The summed E-state index contributed by atoms with van der Waals surface area (Å²) in [6.45, 7) is 8.71. The van der Waals surface area contributed by atoms with Crippen LogP contribution in [0.1, 0.15) is 77.0 Å². The fourth-order valence-electron chi connectivity index (χ4n) is 2.97. The molecule has 0 saturated heterocycles. The molecule has 0 aliphatic heterocycles. The minimum absolute atomic E-state index is 0.0203. The van der Waals surface area contributed by atoms with Crippen molar-refractivity contribution in [2.75, 3.05) is 0 Å². The van der Waals surface area contributed by atoms with Crippen LogP contribution in [0.25, 0.3) is 0 Å². The number of pyridine rings is 1. The number of carbonyl (C=O) groups excluding carboxylic acids is 1. The average molecular weight is 344 g/mol. The lowest BCUT2D eigenvalue weighted by atomic mass is 9.69. The number of nitrogens with zero attached hydrogens (tertiary/aromatic N) is 2. The number of thiazole rings is 1. The van der Waals surface area contributed by atoms with Gasteiger partial charge in [0, 0.05) is 27.5 Å². The number of aromatic nitrogens is 2. The topological polar surface area (TPSA) is 80.2 Å². The second-order valence-corrected chi connectivity index (χ2v) is 8.53. The maximum absolute atomic E-state index is 12.7. The van der Waals surface area contributed by atoms with Gasteiger partial charge in [-0.15, -0.1) is 11.3 Å². The van der Waals surface area contributed by atoms with E-state index in [1.807, 2.05) is 0 Å². The molecule has 3 rings (SSSR count). The zero-order valence-electron chi connectivity index (χ0n) is 14.2. The van der Waals surface area contributed by atoms with Gasteiger partial charge < -0.3 is 5.11 Å². The van der Waals surface area contributed by atoms with Crippen LogP contribution < -0.4 is 0 Å². The molecule has 0 radical (unpaired) electrons. The highest BCUT2D eigenvalue weighted by molar-refractivity contribution is 7.14. The lowest BCUT2D eigenvalue weighted by Crippen LogP contribution is -2.32. The molecule has 0 unspecified atom stereocenters. The lowest BCUT2D eigenvalue weighted by Gasteiger charge is -2.37. The van der Waals surface area contributed by atoms with E-state index < -0.39 is 5.97 Å². The van der Waals surface area contributed by atoms with Crippen LogP contribution in [0, 0.1) is 0 Å². The summed E-state index contributed by atoms with van der Waals surface area (Å²) in [5.74, 6) is -1.31. The number of hydrogen-bond donors (Lipinski definition) is 1. The quantitative estimate of drug-likeness (QED) is 0.856. The molecule has 0 amide bonds. The van der Waals surface area contributed by atoms with E-state index in [2.05, 4.69) is 37.7 Å². The van der Waals surface area contributed by atoms with Gasteiger partial charge in [0.25, 0.3) is 0 Å². The van der Waals surface area contributed by atoms with E-state index in [0.717, 1.165) is 18.5 Å². The Kier molecular flexibility index (Phi) is 3.83. The van der Waals surface area contributed by atoms with Crippen molar-refractivity contribution < 1.29 is 14.7 Å². The number of carbonyl (C=O) groups is 2. The first-order chi connectivity index (χ1) is 11.1. The highest BCUT2D eigenvalue weighted by atomic mass is 32.1. The summed E-state index contributed by atoms with van der Waals surface area (Å²) in [7, 11) is 0. The SMILES string of the molecule is CC1(C)CCC(C)(C)c2sc(C(=O)c3ccc(C(=O)O)nc3)nc21. The van der Waals surface area contributed by atoms with E-state index in [9.17, 15) is 9.59 Å². The largest absolute Gasteiger partial charge is 0.477 e. The third kappa shape index (κ3) is 2.75. The Morgan fingerprint density at radius 3 is 2.33 bits per heavy atom. The van der Waals surface area contributed by atoms with Gasteiger partial charge in [0.2, 0.25) is 5.78 Å². The van der Waals surface area contributed by atoms with Gasteiger partial charge in [-0.05, 0) is 25.0 Å². The molecule has 2 aromatic heterocycles. The number of carboxylic acids is 1. The summed E-state index contributed by atoms with van der Waals surface area (Å²) in [4.78, 5) is 33.3. The van der Waals surface area contributed by atoms with Crippen molar-refractivity contribution in [3.8, 4) is 0 Å². The van der Waals surface area contributed by atoms with Crippen LogP contribution in [-0.2, 0) is 10.8 Å². The van der Waals surface area contributed by atoms with Gasteiger partial charge in [-0.3, -0.25) is 4.79 Å². The number of carboxylic acid groups (broad SMARTS) is 1. The van der Waals surface area contributed by atoms with Crippen molar-refractivity contribution in [1.29, 1.82) is 0 Å². The van der Waals surface area contributed by atoms with Gasteiger partial charge in [0.15, 0.2) is 5.01 Å². The fourth-order valence-corrected chi connectivity index (χ4v) is 4.31. The zero-order valence-corrected chi connectivity index (χ0v) is 15.0. The van der Waals surface area contributed by atoms with Crippen LogP contribution in [0.4, 0.5) is 0 Å². The number of ketones is 1. The van der Waals surface area contributed by atoms with E-state index >= 15 is 0 Å². The van der Waals surface area contributed by atoms with Crippen LogP contribution in [0.2, 0.25) is 0 Å². The Bertz CT molecular complexity index is 786. The Morgan fingerprint density at radius 2 is 1.79 bits per heavy atom. The van der Waals surface area contributed by atoms with Crippen molar-refractivity contribution >= 4 is 23.1 Å². The van der Waals surface area contributed by atoms with Crippen molar-refractivity contribution in [2.45, 2.75) is 51.4 Å². The first kappa shape index (κ1) is 16.8. The van der Waals surface area contributed by atoms with Crippen LogP contribution in [0.15, 0.2) is 18.3 Å².